The highest BCUT2D eigenvalue weighted by Gasteiger charge is 2.16. The van der Waals surface area contributed by atoms with E-state index in [0.29, 0.717) is 23.6 Å². The van der Waals surface area contributed by atoms with E-state index in [1.54, 1.807) is 19.4 Å². The first-order valence-electron chi connectivity index (χ1n) is 10.3. The number of nitrogens with zero attached hydrogens (tertiary/aromatic N) is 3. The molecule has 0 saturated carbocycles. The van der Waals surface area contributed by atoms with Gasteiger partial charge in [0.2, 0.25) is 0 Å². The van der Waals surface area contributed by atoms with Crippen molar-refractivity contribution in [3.05, 3.63) is 90.1 Å². The molecule has 162 valence electrons. The number of esters is 1. The molecule has 0 fully saturated rings. The third-order valence-corrected chi connectivity index (χ3v) is 5.03. The Kier molecular flexibility index (Phi) is 6.46. The van der Waals surface area contributed by atoms with Crippen molar-refractivity contribution in [3.63, 3.8) is 0 Å². The number of hydrogen-bond donors (Lipinski definition) is 1. The van der Waals surface area contributed by atoms with Crippen molar-refractivity contribution in [3.8, 4) is 28.4 Å². The van der Waals surface area contributed by atoms with Crippen LogP contribution in [0.2, 0.25) is 0 Å². The molecular formula is C25H23N3O4. The van der Waals surface area contributed by atoms with Gasteiger partial charge in [-0.15, -0.1) is 5.10 Å². The van der Waals surface area contributed by atoms with Gasteiger partial charge in [-0.1, -0.05) is 47.7 Å². The molecule has 32 heavy (non-hydrogen) atoms. The number of carbonyl (C=O) groups excluding carboxylic acids is 1. The maximum atomic E-state index is 12.5. The number of carbonyl (C=O) groups is 1. The fraction of sp³-hybridized carbons (Fsp3) is 0.160. The average Bonchev–Trinajstić information content (AvgIpc) is 3.33. The summed E-state index contributed by atoms with van der Waals surface area (Å²) in [5.41, 5.74) is 3.27. The fourth-order valence-electron chi connectivity index (χ4n) is 3.36. The lowest BCUT2D eigenvalue weighted by Crippen LogP contribution is -2.08. The Balaban J connectivity index is 1.45. The van der Waals surface area contributed by atoms with Crippen LogP contribution < -0.4 is 4.74 Å². The Morgan fingerprint density at radius 2 is 1.81 bits per heavy atom. The number of ether oxygens (including phenoxy) is 2. The number of aromatic nitrogens is 3. The van der Waals surface area contributed by atoms with Gasteiger partial charge >= 0.3 is 5.97 Å². The summed E-state index contributed by atoms with van der Waals surface area (Å²) < 4.78 is 12.3. The van der Waals surface area contributed by atoms with Crippen molar-refractivity contribution in [2.75, 3.05) is 13.7 Å². The number of rotatable bonds is 8. The quantitative estimate of drug-likeness (QED) is 0.329. The molecule has 0 amide bonds. The van der Waals surface area contributed by atoms with E-state index < -0.39 is 5.97 Å². The molecule has 0 radical (unpaired) electrons. The van der Waals surface area contributed by atoms with E-state index in [1.807, 2.05) is 54.6 Å². The summed E-state index contributed by atoms with van der Waals surface area (Å²) in [6.07, 6.45) is 3.24. The lowest BCUT2D eigenvalue weighted by Gasteiger charge is -2.08. The number of phenols is 1. The summed E-state index contributed by atoms with van der Waals surface area (Å²) in [5.74, 6) is -0.0422. The minimum absolute atomic E-state index is 0.0801. The van der Waals surface area contributed by atoms with Crippen molar-refractivity contribution in [2.24, 2.45) is 0 Å². The lowest BCUT2D eigenvalue weighted by molar-refractivity contribution is 0.0497. The van der Waals surface area contributed by atoms with Crippen molar-refractivity contribution in [1.29, 1.82) is 0 Å². The number of methoxy groups -OCH3 is 1. The maximum absolute atomic E-state index is 12.5. The molecule has 0 unspecified atom stereocenters. The summed E-state index contributed by atoms with van der Waals surface area (Å²) in [6.45, 7) is 0.263. The van der Waals surface area contributed by atoms with Crippen molar-refractivity contribution < 1.29 is 19.4 Å². The van der Waals surface area contributed by atoms with Crippen molar-refractivity contribution >= 4 is 5.97 Å². The molecule has 4 rings (SSSR count). The van der Waals surface area contributed by atoms with Gasteiger partial charge in [0.1, 0.15) is 22.8 Å². The molecule has 1 heterocycles. The zero-order chi connectivity index (χ0) is 22.3. The Bertz CT molecular complexity index is 1200. The summed E-state index contributed by atoms with van der Waals surface area (Å²) in [5, 5.41) is 18.5. The van der Waals surface area contributed by atoms with E-state index in [2.05, 4.69) is 10.3 Å². The predicted octanol–water partition coefficient (Wildman–Crippen LogP) is 4.44. The molecule has 1 aromatic heterocycles. The van der Waals surface area contributed by atoms with E-state index in [1.165, 1.54) is 22.4 Å². The number of aromatic hydroxyl groups is 1. The van der Waals surface area contributed by atoms with Crippen LogP contribution in [0.25, 0.3) is 16.9 Å². The highest BCUT2D eigenvalue weighted by molar-refractivity contribution is 5.93. The first-order chi connectivity index (χ1) is 15.7. The Labute approximate surface area is 185 Å². The second kappa shape index (κ2) is 9.78. The number of para-hydroxylation sites is 1. The molecular weight excluding hydrogens is 406 g/mol. The largest absolute Gasteiger partial charge is 0.507 e. The molecule has 3 aromatic carbocycles. The molecule has 4 aromatic rings. The lowest BCUT2D eigenvalue weighted by atomic mass is 10.1. The third kappa shape index (κ3) is 4.78. The van der Waals surface area contributed by atoms with Gasteiger partial charge in [0.15, 0.2) is 0 Å². The van der Waals surface area contributed by atoms with Crippen LogP contribution in [0, 0.1) is 0 Å². The molecule has 0 aliphatic carbocycles. The average molecular weight is 429 g/mol. The molecule has 0 spiro atoms. The number of benzene rings is 3. The van der Waals surface area contributed by atoms with Gasteiger partial charge in [-0.25, -0.2) is 9.48 Å². The Hall–Kier alpha value is -4.13. The monoisotopic (exact) mass is 429 g/mol. The van der Waals surface area contributed by atoms with E-state index >= 15 is 0 Å². The summed E-state index contributed by atoms with van der Waals surface area (Å²) in [7, 11) is 1.60. The topological polar surface area (TPSA) is 86.5 Å². The van der Waals surface area contributed by atoms with E-state index in [9.17, 15) is 9.90 Å². The Morgan fingerprint density at radius 1 is 1.03 bits per heavy atom. The van der Waals surface area contributed by atoms with Gasteiger partial charge in [0, 0.05) is 5.56 Å². The highest BCUT2D eigenvalue weighted by Crippen LogP contribution is 2.28. The molecule has 0 atom stereocenters. The molecule has 0 bridgehead atoms. The van der Waals surface area contributed by atoms with Gasteiger partial charge in [0.05, 0.1) is 25.6 Å². The van der Waals surface area contributed by atoms with Crippen LogP contribution in [0.3, 0.4) is 0 Å². The van der Waals surface area contributed by atoms with Gasteiger partial charge in [-0.05, 0) is 48.7 Å². The number of aryl methyl sites for hydroxylation is 1. The van der Waals surface area contributed by atoms with Crippen LogP contribution in [0.15, 0.2) is 79.0 Å². The maximum Gasteiger partial charge on any atom is 0.341 e. The van der Waals surface area contributed by atoms with Crippen LogP contribution in [0.5, 0.6) is 11.5 Å². The Morgan fingerprint density at radius 3 is 2.62 bits per heavy atom. The normalized spacial score (nSPS) is 10.7. The van der Waals surface area contributed by atoms with Gasteiger partial charge in [-0.2, -0.15) is 0 Å². The number of phenolic OH excluding ortho intramolecular Hbond substituents is 1. The minimum Gasteiger partial charge on any atom is -0.507 e. The van der Waals surface area contributed by atoms with Crippen molar-refractivity contribution in [2.45, 2.75) is 12.8 Å². The smallest absolute Gasteiger partial charge is 0.341 e. The van der Waals surface area contributed by atoms with Crippen molar-refractivity contribution in [1.82, 2.24) is 15.0 Å². The number of hydrogen-bond acceptors (Lipinski definition) is 6. The predicted molar refractivity (Wildman–Crippen MR) is 120 cm³/mol. The SMILES string of the molecule is COc1ccccc1-c1cn(-c2ccc(O)c(C(=O)OCCCc3ccccc3)c2)nn1. The molecule has 0 aliphatic rings. The zero-order valence-corrected chi connectivity index (χ0v) is 17.6. The van der Waals surface area contributed by atoms with Crippen LogP contribution >= 0.6 is 0 Å². The van der Waals surface area contributed by atoms with Gasteiger partial charge < -0.3 is 14.6 Å². The molecule has 1 N–H and O–H groups in total. The minimum atomic E-state index is -0.581. The van der Waals surface area contributed by atoms with E-state index in [0.717, 1.165) is 12.0 Å². The second-order valence-electron chi connectivity index (χ2n) is 7.18. The first-order valence-corrected chi connectivity index (χ1v) is 10.3. The van der Waals surface area contributed by atoms with E-state index in [-0.39, 0.29) is 17.9 Å². The van der Waals surface area contributed by atoms with Crippen LogP contribution in [0.4, 0.5) is 0 Å². The van der Waals surface area contributed by atoms with Crippen LogP contribution in [-0.4, -0.2) is 39.8 Å². The molecule has 0 saturated heterocycles. The fourth-order valence-corrected chi connectivity index (χ4v) is 3.36. The third-order valence-electron chi connectivity index (χ3n) is 5.03. The van der Waals surface area contributed by atoms with Gasteiger partial charge in [0.25, 0.3) is 0 Å². The summed E-state index contributed by atoms with van der Waals surface area (Å²) >= 11 is 0. The molecule has 7 heteroatoms. The molecule has 0 aliphatic heterocycles. The highest BCUT2D eigenvalue weighted by atomic mass is 16.5. The zero-order valence-electron chi connectivity index (χ0n) is 17.6. The molecule has 7 nitrogen and oxygen atoms in total. The standard InChI is InChI=1S/C25H23N3O4/c1-31-24-12-6-5-11-20(24)22-17-28(27-26-22)19-13-14-23(29)21(16-19)25(30)32-15-7-10-18-8-3-2-4-9-18/h2-6,8-9,11-14,16-17,29H,7,10,15H2,1H3. The van der Waals surface area contributed by atoms with Gasteiger partial charge in [-0.3, -0.25) is 0 Å². The first kappa shape index (κ1) is 21.1. The van der Waals surface area contributed by atoms with Crippen LogP contribution in [-0.2, 0) is 11.2 Å². The van der Waals surface area contributed by atoms with E-state index in [4.69, 9.17) is 9.47 Å². The summed E-state index contributed by atoms with van der Waals surface area (Å²) in [4.78, 5) is 12.5. The van der Waals surface area contributed by atoms with Crippen LogP contribution in [0.1, 0.15) is 22.3 Å². The summed E-state index contributed by atoms with van der Waals surface area (Å²) in [6, 6.07) is 22.1. The second-order valence-corrected chi connectivity index (χ2v) is 7.18.